The second kappa shape index (κ2) is 14.8. The van der Waals surface area contributed by atoms with Crippen LogP contribution in [0.1, 0.15) is 37.0 Å². The molecule has 0 aliphatic carbocycles. The van der Waals surface area contributed by atoms with Crippen LogP contribution < -0.4 is 23.8 Å². The van der Waals surface area contributed by atoms with Gasteiger partial charge in [0.05, 0.1) is 31.9 Å². The molecule has 0 heterocycles. The molecular weight excluding hydrogens is 570 g/mol. The number of anilines is 1. The van der Waals surface area contributed by atoms with E-state index in [1.54, 1.807) is 44.4 Å². The molecule has 0 bridgehead atoms. The van der Waals surface area contributed by atoms with E-state index in [1.165, 1.54) is 37.3 Å². The van der Waals surface area contributed by atoms with Gasteiger partial charge >= 0.3 is 0 Å². The maximum atomic E-state index is 14.3. The molecule has 0 spiro atoms. The van der Waals surface area contributed by atoms with Gasteiger partial charge in [0.15, 0.2) is 11.5 Å². The molecule has 0 aliphatic rings. The molecule has 0 saturated heterocycles. The van der Waals surface area contributed by atoms with Gasteiger partial charge in [0, 0.05) is 19.2 Å². The summed E-state index contributed by atoms with van der Waals surface area (Å²) in [7, 11) is 0.137. The third kappa shape index (κ3) is 7.98. The molecule has 43 heavy (non-hydrogen) atoms. The highest BCUT2D eigenvalue weighted by Gasteiger charge is 2.34. The Hall–Kier alpha value is -4.25. The highest BCUT2D eigenvalue weighted by Crippen LogP contribution is 2.33. The van der Waals surface area contributed by atoms with Crippen LogP contribution in [0.25, 0.3) is 0 Å². The normalized spacial score (nSPS) is 11.8. The second-order valence-electron chi connectivity index (χ2n) is 10.1. The largest absolute Gasteiger partial charge is 0.497 e. The summed E-state index contributed by atoms with van der Waals surface area (Å²) in [5.74, 6) is 0.347. The van der Waals surface area contributed by atoms with Gasteiger partial charge in [-0.3, -0.25) is 13.9 Å². The van der Waals surface area contributed by atoms with Crippen LogP contribution >= 0.6 is 0 Å². The predicted molar refractivity (Wildman–Crippen MR) is 166 cm³/mol. The smallest absolute Gasteiger partial charge is 0.264 e. The van der Waals surface area contributed by atoms with Crippen molar-refractivity contribution in [3.8, 4) is 17.2 Å². The molecule has 0 saturated carbocycles. The van der Waals surface area contributed by atoms with Crippen molar-refractivity contribution in [1.82, 2.24) is 10.2 Å². The maximum absolute atomic E-state index is 14.3. The number of nitrogens with zero attached hydrogens (tertiary/aromatic N) is 2. The number of sulfonamides is 1. The third-order valence-electron chi connectivity index (χ3n) is 6.94. The molecule has 11 heteroatoms. The summed E-state index contributed by atoms with van der Waals surface area (Å²) in [6, 6.07) is 16.0. The second-order valence-corrected chi connectivity index (χ2v) is 11.9. The number of aryl methyl sites for hydroxylation is 2. The van der Waals surface area contributed by atoms with Crippen LogP contribution in [-0.4, -0.2) is 65.6 Å². The molecule has 3 rings (SSSR count). The number of carbonyl (C=O) groups is 2. The van der Waals surface area contributed by atoms with Crippen LogP contribution in [0.15, 0.2) is 65.6 Å². The molecule has 3 aromatic carbocycles. The summed E-state index contributed by atoms with van der Waals surface area (Å²) in [5, 5.41) is 2.80. The molecule has 0 fully saturated rings. The fourth-order valence-electron chi connectivity index (χ4n) is 4.91. The Balaban J connectivity index is 2.14. The van der Waals surface area contributed by atoms with E-state index in [9.17, 15) is 18.0 Å². The Bertz CT molecular complexity index is 1520. The van der Waals surface area contributed by atoms with E-state index in [2.05, 4.69) is 5.32 Å². The summed E-state index contributed by atoms with van der Waals surface area (Å²) in [6.45, 7) is 7.25. The lowest BCUT2D eigenvalue weighted by Crippen LogP contribution is -2.52. The van der Waals surface area contributed by atoms with Gasteiger partial charge in [-0.25, -0.2) is 8.42 Å². The Morgan fingerprint density at radius 1 is 0.860 bits per heavy atom. The van der Waals surface area contributed by atoms with E-state index in [1.807, 2.05) is 32.9 Å². The van der Waals surface area contributed by atoms with Crippen molar-refractivity contribution >= 4 is 27.5 Å². The minimum atomic E-state index is -4.29. The first-order valence-corrected chi connectivity index (χ1v) is 15.5. The lowest BCUT2D eigenvalue weighted by Gasteiger charge is -2.33. The van der Waals surface area contributed by atoms with Crippen molar-refractivity contribution in [2.75, 3.05) is 38.7 Å². The van der Waals surface area contributed by atoms with E-state index in [-0.39, 0.29) is 23.1 Å². The minimum Gasteiger partial charge on any atom is -0.497 e. The first-order valence-electron chi connectivity index (χ1n) is 14.0. The molecule has 1 atom stereocenters. The number of rotatable bonds is 14. The summed E-state index contributed by atoms with van der Waals surface area (Å²) in [6.07, 6.45) is 0.327. The van der Waals surface area contributed by atoms with Crippen molar-refractivity contribution in [2.24, 2.45) is 0 Å². The minimum absolute atomic E-state index is 0.0722. The molecular formula is C32H41N3O7S. The zero-order chi connectivity index (χ0) is 31.7. The first kappa shape index (κ1) is 33.3. The molecule has 3 aromatic rings. The molecule has 0 aromatic heterocycles. The van der Waals surface area contributed by atoms with Gasteiger partial charge in [0.25, 0.3) is 10.0 Å². The number of ether oxygens (including phenoxy) is 3. The predicted octanol–water partition coefficient (Wildman–Crippen LogP) is 4.47. The number of nitrogens with one attached hydrogen (secondary N) is 1. The Morgan fingerprint density at radius 2 is 1.53 bits per heavy atom. The van der Waals surface area contributed by atoms with Gasteiger partial charge in [-0.05, 0) is 80.3 Å². The monoisotopic (exact) mass is 611 g/mol. The van der Waals surface area contributed by atoms with Crippen LogP contribution in [0.3, 0.4) is 0 Å². The number of likely N-dealkylation sites (N-methyl/N-ethyl adjacent to an activating group) is 1. The number of hydrogen-bond donors (Lipinski definition) is 1. The van der Waals surface area contributed by atoms with Gasteiger partial charge in [0.1, 0.15) is 18.3 Å². The molecule has 0 unspecified atom stereocenters. The van der Waals surface area contributed by atoms with Crippen molar-refractivity contribution in [1.29, 1.82) is 0 Å². The van der Waals surface area contributed by atoms with Crippen molar-refractivity contribution in [3.63, 3.8) is 0 Å². The number of methoxy groups -OCH3 is 3. The van der Waals surface area contributed by atoms with Crippen molar-refractivity contribution in [3.05, 3.63) is 77.4 Å². The number of amides is 2. The maximum Gasteiger partial charge on any atom is 0.264 e. The number of benzene rings is 3. The fraction of sp³-hybridized carbons (Fsp3) is 0.375. The van der Waals surface area contributed by atoms with Crippen LogP contribution in [0.2, 0.25) is 0 Å². The summed E-state index contributed by atoms with van der Waals surface area (Å²) < 4.78 is 45.6. The first-order chi connectivity index (χ1) is 20.5. The molecule has 1 N–H and O–H groups in total. The molecule has 0 radical (unpaired) electrons. The zero-order valence-electron chi connectivity index (χ0n) is 25.8. The van der Waals surface area contributed by atoms with E-state index >= 15 is 0 Å². The Kier molecular flexibility index (Phi) is 11.4. The van der Waals surface area contributed by atoms with Crippen molar-refractivity contribution < 1.29 is 32.2 Å². The van der Waals surface area contributed by atoms with E-state index in [4.69, 9.17) is 14.2 Å². The topological polar surface area (TPSA) is 114 Å². The quantitative estimate of drug-likeness (QED) is 0.286. The van der Waals surface area contributed by atoms with Gasteiger partial charge in [-0.1, -0.05) is 25.1 Å². The zero-order valence-corrected chi connectivity index (χ0v) is 26.7. The van der Waals surface area contributed by atoms with Crippen molar-refractivity contribution in [2.45, 2.75) is 51.6 Å². The molecule has 232 valence electrons. The van der Waals surface area contributed by atoms with Gasteiger partial charge in [0.2, 0.25) is 11.8 Å². The molecule has 2 amide bonds. The molecule has 10 nitrogen and oxygen atoms in total. The summed E-state index contributed by atoms with van der Waals surface area (Å²) in [4.78, 5) is 28.7. The summed E-state index contributed by atoms with van der Waals surface area (Å²) >= 11 is 0. The number of hydrogen-bond acceptors (Lipinski definition) is 7. The highest BCUT2D eigenvalue weighted by atomic mass is 32.2. The average Bonchev–Trinajstić information content (AvgIpc) is 2.98. The van der Waals surface area contributed by atoms with Crippen LogP contribution in [0.4, 0.5) is 5.69 Å². The van der Waals surface area contributed by atoms with E-state index < -0.39 is 28.5 Å². The third-order valence-corrected chi connectivity index (χ3v) is 8.71. The number of carbonyl (C=O) groups excluding carboxylic acids is 2. The van der Waals surface area contributed by atoms with Gasteiger partial charge in [-0.2, -0.15) is 0 Å². The fourth-order valence-corrected chi connectivity index (χ4v) is 6.32. The molecule has 0 aliphatic heterocycles. The Labute approximate surface area is 254 Å². The van der Waals surface area contributed by atoms with E-state index in [0.29, 0.717) is 30.2 Å². The lowest BCUT2D eigenvalue weighted by atomic mass is 10.1. The van der Waals surface area contributed by atoms with Crippen LogP contribution in [-0.2, 0) is 26.2 Å². The average molecular weight is 612 g/mol. The summed E-state index contributed by atoms with van der Waals surface area (Å²) in [5.41, 5.74) is 2.72. The Morgan fingerprint density at radius 3 is 2.12 bits per heavy atom. The lowest BCUT2D eigenvalue weighted by molar-refractivity contribution is -0.140. The van der Waals surface area contributed by atoms with Crippen LogP contribution in [0, 0.1) is 13.8 Å². The van der Waals surface area contributed by atoms with E-state index in [0.717, 1.165) is 21.0 Å². The standard InChI is InChI=1S/C32H41N3O7S/c1-8-28(32(37)33-9-2)34(20-24-11-10-12-26(18-24)40-5)31(36)21-35(25-16-22(3)15-23(4)17-25)43(38,39)27-13-14-29(41-6)30(19-27)42-7/h10-19,28H,8-9,20-21H2,1-7H3,(H,33,37)/t28-/m0/s1. The SMILES string of the molecule is CCNC(=O)[C@H](CC)N(Cc1cccc(OC)c1)C(=O)CN(c1cc(C)cc(C)c1)S(=O)(=O)c1ccc(OC)c(OC)c1. The van der Waals surface area contributed by atoms with Gasteiger partial charge < -0.3 is 24.4 Å². The highest BCUT2D eigenvalue weighted by molar-refractivity contribution is 7.92. The van der Waals surface area contributed by atoms with Crippen LogP contribution in [0.5, 0.6) is 17.2 Å². The van der Waals surface area contributed by atoms with Gasteiger partial charge in [-0.15, -0.1) is 0 Å².